The molecular weight excluding hydrogens is 225 g/mol. The van der Waals surface area contributed by atoms with Gasteiger partial charge in [-0.1, -0.05) is 23.2 Å². The largest absolute Gasteiger partial charge is 0.493 e. The van der Waals surface area contributed by atoms with Crippen LogP contribution in [0.25, 0.3) is 0 Å². The number of rotatable bonds is 4. The number of hydrogen-bond acceptors (Lipinski definition) is 2. The normalized spacial score (nSPS) is 9.86. The van der Waals surface area contributed by atoms with Crippen molar-refractivity contribution in [3.05, 3.63) is 28.2 Å². The van der Waals surface area contributed by atoms with Gasteiger partial charge in [0.05, 0.1) is 23.1 Å². The average Bonchev–Trinajstić information content (AvgIpc) is 2.10. The minimum atomic E-state index is -0.398. The summed E-state index contributed by atoms with van der Waals surface area (Å²) in [6.45, 7) is 0.243. The van der Waals surface area contributed by atoms with Gasteiger partial charge < -0.3 is 10.5 Å². The van der Waals surface area contributed by atoms with Gasteiger partial charge in [-0.3, -0.25) is 4.79 Å². The van der Waals surface area contributed by atoms with Crippen LogP contribution < -0.4 is 10.5 Å². The van der Waals surface area contributed by atoms with Gasteiger partial charge >= 0.3 is 0 Å². The van der Waals surface area contributed by atoms with Crippen molar-refractivity contribution in [3.63, 3.8) is 0 Å². The van der Waals surface area contributed by atoms with E-state index in [-0.39, 0.29) is 13.0 Å². The zero-order valence-corrected chi connectivity index (χ0v) is 8.81. The lowest BCUT2D eigenvalue weighted by Gasteiger charge is -2.05. The minimum Gasteiger partial charge on any atom is -0.493 e. The molecule has 0 aliphatic heterocycles. The molecule has 0 aliphatic rings. The molecule has 0 fully saturated rings. The first kappa shape index (κ1) is 11.1. The van der Waals surface area contributed by atoms with E-state index in [1.54, 1.807) is 18.2 Å². The van der Waals surface area contributed by atoms with Crippen molar-refractivity contribution in [2.75, 3.05) is 6.61 Å². The predicted molar refractivity (Wildman–Crippen MR) is 55.8 cm³/mol. The molecule has 0 radical (unpaired) electrons. The fourth-order valence-electron chi connectivity index (χ4n) is 0.836. The summed E-state index contributed by atoms with van der Waals surface area (Å²) >= 11 is 11.5. The van der Waals surface area contributed by atoms with Gasteiger partial charge in [-0.15, -0.1) is 0 Å². The molecule has 1 rings (SSSR count). The maximum atomic E-state index is 10.4. The first-order chi connectivity index (χ1) is 6.59. The van der Waals surface area contributed by atoms with E-state index in [1.807, 2.05) is 0 Å². The molecule has 0 spiro atoms. The number of halogens is 2. The third-order valence-corrected chi connectivity index (χ3v) is 2.25. The number of nitrogens with two attached hydrogens (primary N) is 1. The molecule has 1 aromatic rings. The number of carbonyl (C=O) groups excluding carboxylic acids is 1. The van der Waals surface area contributed by atoms with E-state index >= 15 is 0 Å². The second-order valence-corrected chi connectivity index (χ2v) is 3.46. The molecule has 76 valence electrons. The fraction of sp³-hybridized carbons (Fsp3) is 0.222. The Morgan fingerprint density at radius 1 is 1.36 bits per heavy atom. The molecule has 14 heavy (non-hydrogen) atoms. The Balaban J connectivity index is 2.51. The Morgan fingerprint density at radius 2 is 2.07 bits per heavy atom. The molecule has 5 heteroatoms. The fourth-order valence-corrected chi connectivity index (χ4v) is 1.12. The standard InChI is InChI=1S/C9H9Cl2NO2/c10-7-2-1-6(5-8(7)11)14-4-3-9(12)13/h1-2,5H,3-4H2,(H2,12,13). The van der Waals surface area contributed by atoms with Crippen molar-refractivity contribution in [1.29, 1.82) is 0 Å². The van der Waals surface area contributed by atoms with Crippen LogP contribution in [0.4, 0.5) is 0 Å². The van der Waals surface area contributed by atoms with E-state index < -0.39 is 5.91 Å². The lowest BCUT2D eigenvalue weighted by Crippen LogP contribution is -2.14. The quantitative estimate of drug-likeness (QED) is 0.868. The van der Waals surface area contributed by atoms with Crippen molar-refractivity contribution in [2.45, 2.75) is 6.42 Å². The van der Waals surface area contributed by atoms with Gasteiger partial charge in [0.1, 0.15) is 5.75 Å². The van der Waals surface area contributed by atoms with Gasteiger partial charge in [0.25, 0.3) is 0 Å². The van der Waals surface area contributed by atoms with Gasteiger partial charge in [0.2, 0.25) is 5.91 Å². The van der Waals surface area contributed by atoms with Crippen LogP contribution in [-0.4, -0.2) is 12.5 Å². The van der Waals surface area contributed by atoms with Gasteiger partial charge in [-0.05, 0) is 12.1 Å². The maximum absolute atomic E-state index is 10.4. The number of benzene rings is 1. The summed E-state index contributed by atoms with van der Waals surface area (Å²) in [7, 11) is 0. The summed E-state index contributed by atoms with van der Waals surface area (Å²) in [5, 5.41) is 0.886. The van der Waals surface area contributed by atoms with Crippen LogP contribution in [-0.2, 0) is 4.79 Å². The third kappa shape index (κ3) is 3.44. The number of carbonyl (C=O) groups is 1. The second kappa shape index (κ2) is 5.08. The topological polar surface area (TPSA) is 52.3 Å². The SMILES string of the molecule is NC(=O)CCOc1ccc(Cl)c(Cl)c1. The monoisotopic (exact) mass is 233 g/mol. The predicted octanol–water partition coefficient (Wildman–Crippen LogP) is 2.25. The van der Waals surface area contributed by atoms with Crippen molar-refractivity contribution in [1.82, 2.24) is 0 Å². The molecule has 0 unspecified atom stereocenters. The van der Waals surface area contributed by atoms with E-state index in [4.69, 9.17) is 33.7 Å². The highest BCUT2D eigenvalue weighted by Gasteiger charge is 2.00. The van der Waals surface area contributed by atoms with Gasteiger partial charge in [-0.2, -0.15) is 0 Å². The Bertz CT molecular complexity index is 342. The van der Waals surface area contributed by atoms with Gasteiger partial charge in [0, 0.05) is 6.07 Å². The molecule has 1 aromatic carbocycles. The molecular formula is C9H9Cl2NO2. The lowest BCUT2D eigenvalue weighted by atomic mass is 10.3. The van der Waals surface area contributed by atoms with Gasteiger partial charge in [0.15, 0.2) is 0 Å². The highest BCUT2D eigenvalue weighted by Crippen LogP contribution is 2.26. The highest BCUT2D eigenvalue weighted by molar-refractivity contribution is 6.42. The van der Waals surface area contributed by atoms with Crippen LogP contribution in [0.1, 0.15) is 6.42 Å². The zero-order chi connectivity index (χ0) is 10.6. The van der Waals surface area contributed by atoms with E-state index in [2.05, 4.69) is 0 Å². The first-order valence-electron chi connectivity index (χ1n) is 3.96. The summed E-state index contributed by atoms with van der Waals surface area (Å²) in [5.74, 6) is 0.172. The molecule has 0 aliphatic carbocycles. The molecule has 0 heterocycles. The van der Waals surface area contributed by atoms with Crippen LogP contribution in [0, 0.1) is 0 Å². The molecule has 0 saturated heterocycles. The minimum absolute atomic E-state index is 0.181. The zero-order valence-electron chi connectivity index (χ0n) is 7.30. The van der Waals surface area contributed by atoms with Crippen LogP contribution in [0.2, 0.25) is 10.0 Å². The Morgan fingerprint density at radius 3 is 2.64 bits per heavy atom. The van der Waals surface area contributed by atoms with Crippen LogP contribution in [0.15, 0.2) is 18.2 Å². The molecule has 2 N–H and O–H groups in total. The van der Waals surface area contributed by atoms with Crippen LogP contribution >= 0.6 is 23.2 Å². The number of amides is 1. The van der Waals surface area contributed by atoms with Crippen molar-refractivity contribution < 1.29 is 9.53 Å². The summed E-state index contributed by atoms with van der Waals surface area (Å²) in [5.41, 5.74) is 4.94. The maximum Gasteiger partial charge on any atom is 0.220 e. The summed E-state index contributed by atoms with van der Waals surface area (Å²) in [6.07, 6.45) is 0.181. The lowest BCUT2D eigenvalue weighted by molar-refractivity contribution is -0.118. The van der Waals surface area contributed by atoms with Crippen LogP contribution in [0.3, 0.4) is 0 Å². The summed E-state index contributed by atoms with van der Waals surface area (Å²) in [6, 6.07) is 4.89. The molecule has 0 aromatic heterocycles. The highest BCUT2D eigenvalue weighted by atomic mass is 35.5. The Labute approximate surface area is 91.7 Å². The summed E-state index contributed by atoms with van der Waals surface area (Å²) in [4.78, 5) is 10.4. The number of hydrogen-bond donors (Lipinski definition) is 1. The molecule has 0 saturated carbocycles. The number of primary amides is 1. The van der Waals surface area contributed by atoms with Crippen LogP contribution in [0.5, 0.6) is 5.75 Å². The van der Waals surface area contributed by atoms with E-state index in [9.17, 15) is 4.79 Å². The first-order valence-corrected chi connectivity index (χ1v) is 4.71. The van der Waals surface area contributed by atoms with E-state index in [0.717, 1.165) is 0 Å². The average molecular weight is 234 g/mol. The van der Waals surface area contributed by atoms with E-state index in [0.29, 0.717) is 15.8 Å². The second-order valence-electron chi connectivity index (χ2n) is 2.64. The molecule has 1 amide bonds. The molecule has 3 nitrogen and oxygen atoms in total. The molecule has 0 atom stereocenters. The van der Waals surface area contributed by atoms with Crippen molar-refractivity contribution >= 4 is 29.1 Å². The Hall–Kier alpha value is -0.930. The van der Waals surface area contributed by atoms with Crippen molar-refractivity contribution in [3.8, 4) is 5.75 Å². The van der Waals surface area contributed by atoms with E-state index in [1.165, 1.54) is 0 Å². The summed E-state index contributed by atoms with van der Waals surface area (Å²) < 4.78 is 5.21. The number of ether oxygens (including phenoxy) is 1. The molecule has 0 bridgehead atoms. The smallest absolute Gasteiger partial charge is 0.220 e. The van der Waals surface area contributed by atoms with Crippen molar-refractivity contribution in [2.24, 2.45) is 5.73 Å². The third-order valence-electron chi connectivity index (χ3n) is 1.51. The Kier molecular flexibility index (Phi) is 4.04. The van der Waals surface area contributed by atoms with Gasteiger partial charge in [-0.25, -0.2) is 0 Å².